The van der Waals surface area contributed by atoms with Gasteiger partial charge in [-0.25, -0.2) is 4.79 Å². The predicted octanol–water partition coefficient (Wildman–Crippen LogP) is 0.974. The van der Waals surface area contributed by atoms with Crippen LogP contribution in [-0.2, 0) is 4.79 Å². The predicted molar refractivity (Wildman–Crippen MR) is 77.6 cm³/mol. The summed E-state index contributed by atoms with van der Waals surface area (Å²) >= 11 is 0. The van der Waals surface area contributed by atoms with Crippen LogP contribution in [0.3, 0.4) is 0 Å². The van der Waals surface area contributed by atoms with E-state index in [0.29, 0.717) is 25.4 Å². The van der Waals surface area contributed by atoms with Crippen LogP contribution in [0.1, 0.15) is 23.7 Å². The van der Waals surface area contributed by atoms with Gasteiger partial charge in [0, 0.05) is 19.6 Å². The number of carbonyl (C=O) groups excluding carboxylic acids is 1. The average Bonchev–Trinajstić information content (AvgIpc) is 2.48. The van der Waals surface area contributed by atoms with Crippen molar-refractivity contribution in [1.82, 2.24) is 10.2 Å². The van der Waals surface area contributed by atoms with Gasteiger partial charge in [0.05, 0.1) is 11.6 Å². The number of ether oxygens (including phenoxy) is 1. The lowest BCUT2D eigenvalue weighted by molar-refractivity contribution is -0.129. The van der Waals surface area contributed by atoms with E-state index in [4.69, 9.17) is 9.84 Å². The Morgan fingerprint density at radius 1 is 1.52 bits per heavy atom. The van der Waals surface area contributed by atoms with Crippen LogP contribution in [0.4, 0.5) is 0 Å². The lowest BCUT2D eigenvalue weighted by atomic mass is 10.1. The minimum Gasteiger partial charge on any atom is -0.492 e. The number of piperazine rings is 1. The lowest BCUT2D eigenvalue weighted by Crippen LogP contribution is -2.55. The third-order valence-electron chi connectivity index (χ3n) is 3.56. The molecule has 1 aromatic carbocycles. The summed E-state index contributed by atoms with van der Waals surface area (Å²) in [4.78, 5) is 24.7. The maximum Gasteiger partial charge on any atom is 0.335 e. The highest BCUT2D eigenvalue weighted by Crippen LogP contribution is 2.14. The van der Waals surface area contributed by atoms with Gasteiger partial charge in [-0.15, -0.1) is 0 Å². The first kappa shape index (κ1) is 15.3. The zero-order valence-corrected chi connectivity index (χ0v) is 12.0. The molecule has 1 atom stereocenters. The minimum atomic E-state index is -0.973. The fourth-order valence-electron chi connectivity index (χ4n) is 2.47. The van der Waals surface area contributed by atoms with Crippen LogP contribution in [0.2, 0.25) is 0 Å². The summed E-state index contributed by atoms with van der Waals surface area (Å²) in [7, 11) is 0. The van der Waals surface area contributed by atoms with E-state index in [1.807, 2.05) is 6.92 Å². The molecule has 1 saturated heterocycles. The zero-order chi connectivity index (χ0) is 15.2. The van der Waals surface area contributed by atoms with E-state index in [0.717, 1.165) is 13.0 Å². The molecule has 0 bridgehead atoms. The monoisotopic (exact) mass is 292 g/mol. The quantitative estimate of drug-likeness (QED) is 0.817. The first-order valence-corrected chi connectivity index (χ1v) is 7.09. The van der Waals surface area contributed by atoms with Crippen LogP contribution in [-0.4, -0.2) is 54.2 Å². The molecule has 0 spiro atoms. The van der Waals surface area contributed by atoms with Crippen molar-refractivity contribution in [3.05, 3.63) is 29.8 Å². The van der Waals surface area contributed by atoms with Crippen molar-refractivity contribution in [1.29, 1.82) is 0 Å². The number of hydrogen-bond acceptors (Lipinski definition) is 4. The molecule has 21 heavy (non-hydrogen) atoms. The van der Waals surface area contributed by atoms with Crippen LogP contribution in [0.5, 0.6) is 5.75 Å². The lowest BCUT2D eigenvalue weighted by Gasteiger charge is -2.34. The molecule has 1 aliphatic heterocycles. The van der Waals surface area contributed by atoms with E-state index in [-0.39, 0.29) is 17.5 Å². The van der Waals surface area contributed by atoms with Gasteiger partial charge in [-0.1, -0.05) is 13.0 Å². The molecule has 1 unspecified atom stereocenters. The third kappa shape index (κ3) is 3.95. The van der Waals surface area contributed by atoms with Crippen molar-refractivity contribution in [2.24, 2.45) is 0 Å². The van der Waals surface area contributed by atoms with Crippen molar-refractivity contribution >= 4 is 11.9 Å². The van der Waals surface area contributed by atoms with Gasteiger partial charge in [0.15, 0.2) is 0 Å². The van der Waals surface area contributed by atoms with Gasteiger partial charge in [0.25, 0.3) is 0 Å². The zero-order valence-electron chi connectivity index (χ0n) is 12.0. The van der Waals surface area contributed by atoms with Crippen molar-refractivity contribution in [3.63, 3.8) is 0 Å². The molecule has 114 valence electrons. The van der Waals surface area contributed by atoms with Gasteiger partial charge in [-0.2, -0.15) is 0 Å². The standard InChI is InChI=1S/C15H20N2O4/c1-2-13-14(18)16-6-7-17(13)8-9-21-12-5-3-4-11(10-12)15(19)20/h3-5,10,13H,2,6-9H2,1H3,(H,16,18)(H,19,20). The number of nitrogens with zero attached hydrogens (tertiary/aromatic N) is 1. The number of rotatable bonds is 6. The van der Waals surface area contributed by atoms with Crippen LogP contribution in [0.15, 0.2) is 24.3 Å². The average molecular weight is 292 g/mol. The fraction of sp³-hybridized carbons (Fsp3) is 0.467. The smallest absolute Gasteiger partial charge is 0.335 e. The highest BCUT2D eigenvalue weighted by Gasteiger charge is 2.27. The van der Waals surface area contributed by atoms with Crippen molar-refractivity contribution in [3.8, 4) is 5.75 Å². The molecule has 1 aliphatic rings. The van der Waals surface area contributed by atoms with Crippen LogP contribution in [0.25, 0.3) is 0 Å². The Hall–Kier alpha value is -2.08. The third-order valence-corrected chi connectivity index (χ3v) is 3.56. The molecule has 6 nitrogen and oxygen atoms in total. The molecule has 0 radical (unpaired) electrons. The molecule has 6 heteroatoms. The highest BCUT2D eigenvalue weighted by atomic mass is 16.5. The van der Waals surface area contributed by atoms with Gasteiger partial charge < -0.3 is 15.2 Å². The number of amides is 1. The summed E-state index contributed by atoms with van der Waals surface area (Å²) in [6, 6.07) is 6.31. The SMILES string of the molecule is CCC1C(=O)NCCN1CCOc1cccc(C(=O)O)c1. The number of hydrogen-bond donors (Lipinski definition) is 2. The van der Waals surface area contributed by atoms with Gasteiger partial charge in [-0.05, 0) is 24.6 Å². The Morgan fingerprint density at radius 3 is 3.05 bits per heavy atom. The number of nitrogens with one attached hydrogen (secondary N) is 1. The summed E-state index contributed by atoms with van der Waals surface area (Å²) in [5, 5.41) is 11.8. The maximum atomic E-state index is 11.7. The maximum absolute atomic E-state index is 11.7. The van der Waals surface area contributed by atoms with Gasteiger partial charge in [-0.3, -0.25) is 9.69 Å². The molecule has 1 heterocycles. The van der Waals surface area contributed by atoms with Crippen molar-refractivity contribution in [2.45, 2.75) is 19.4 Å². The second-order valence-electron chi connectivity index (χ2n) is 4.93. The van der Waals surface area contributed by atoms with E-state index < -0.39 is 5.97 Å². The molecule has 1 amide bonds. The Balaban J connectivity index is 1.87. The highest BCUT2D eigenvalue weighted by molar-refractivity contribution is 5.88. The fourth-order valence-corrected chi connectivity index (χ4v) is 2.47. The molecule has 0 aliphatic carbocycles. The van der Waals surface area contributed by atoms with Crippen LogP contribution >= 0.6 is 0 Å². The summed E-state index contributed by atoms with van der Waals surface area (Å²) in [5.41, 5.74) is 0.205. The second-order valence-corrected chi connectivity index (χ2v) is 4.93. The summed E-state index contributed by atoms with van der Waals surface area (Å²) in [5.74, 6) is -0.375. The molecule has 1 fully saturated rings. The molecular weight excluding hydrogens is 272 g/mol. The molecule has 0 aromatic heterocycles. The van der Waals surface area contributed by atoms with Gasteiger partial charge >= 0.3 is 5.97 Å². The van der Waals surface area contributed by atoms with Gasteiger partial charge in [0.1, 0.15) is 12.4 Å². The van der Waals surface area contributed by atoms with Crippen molar-refractivity contribution < 1.29 is 19.4 Å². The Bertz CT molecular complexity index is 518. The van der Waals surface area contributed by atoms with E-state index >= 15 is 0 Å². The molecule has 0 saturated carbocycles. The number of carbonyl (C=O) groups is 2. The summed E-state index contributed by atoms with van der Waals surface area (Å²) in [6.45, 7) is 4.52. The molecular formula is C15H20N2O4. The van der Waals surface area contributed by atoms with Crippen LogP contribution < -0.4 is 10.1 Å². The van der Waals surface area contributed by atoms with E-state index in [2.05, 4.69) is 10.2 Å². The second kappa shape index (κ2) is 7.08. The normalized spacial score (nSPS) is 19.1. The van der Waals surface area contributed by atoms with Crippen LogP contribution in [0, 0.1) is 0 Å². The van der Waals surface area contributed by atoms with E-state index in [9.17, 15) is 9.59 Å². The van der Waals surface area contributed by atoms with E-state index in [1.54, 1.807) is 12.1 Å². The first-order chi connectivity index (χ1) is 10.1. The summed E-state index contributed by atoms with van der Waals surface area (Å²) in [6.07, 6.45) is 0.764. The topological polar surface area (TPSA) is 78.9 Å². The number of benzene rings is 1. The summed E-state index contributed by atoms with van der Waals surface area (Å²) < 4.78 is 5.59. The number of aromatic carboxylic acids is 1. The Labute approximate surface area is 123 Å². The molecule has 2 rings (SSSR count). The molecule has 2 N–H and O–H groups in total. The number of carboxylic acids is 1. The molecule has 1 aromatic rings. The number of carboxylic acid groups (broad SMARTS) is 1. The first-order valence-electron chi connectivity index (χ1n) is 7.09. The van der Waals surface area contributed by atoms with Crippen molar-refractivity contribution in [2.75, 3.05) is 26.2 Å². The Kier molecular flexibility index (Phi) is 5.16. The Morgan fingerprint density at radius 2 is 2.33 bits per heavy atom. The van der Waals surface area contributed by atoms with Gasteiger partial charge in [0.2, 0.25) is 5.91 Å². The minimum absolute atomic E-state index is 0.0663. The largest absolute Gasteiger partial charge is 0.492 e. The van der Waals surface area contributed by atoms with E-state index in [1.165, 1.54) is 12.1 Å².